The van der Waals surface area contributed by atoms with Crippen LogP contribution in [0.15, 0.2) is 48.5 Å². The molecule has 2 amide bonds. The molecule has 7 nitrogen and oxygen atoms in total. The summed E-state index contributed by atoms with van der Waals surface area (Å²) < 4.78 is 10.8. The van der Waals surface area contributed by atoms with Crippen molar-refractivity contribution in [2.75, 3.05) is 52.3 Å². The van der Waals surface area contributed by atoms with Gasteiger partial charge in [0.1, 0.15) is 5.75 Å². The number of likely N-dealkylation sites (N-methyl/N-ethyl adjacent to an activating group) is 1. The Hall–Kier alpha value is -2.90. The van der Waals surface area contributed by atoms with E-state index in [4.69, 9.17) is 9.47 Å². The van der Waals surface area contributed by atoms with Crippen LogP contribution in [0, 0.1) is 0 Å². The monoisotopic (exact) mass is 423 g/mol. The summed E-state index contributed by atoms with van der Waals surface area (Å²) in [6.45, 7) is 3.52. The third kappa shape index (κ3) is 4.73. The fraction of sp³-hybridized carbons (Fsp3) is 0.417. The van der Waals surface area contributed by atoms with Gasteiger partial charge in [0.2, 0.25) is 11.8 Å². The number of hydrogen-bond acceptors (Lipinski definition) is 5. The average Bonchev–Trinajstić information content (AvgIpc) is 2.82. The van der Waals surface area contributed by atoms with Crippen LogP contribution in [-0.4, -0.2) is 68.6 Å². The summed E-state index contributed by atoms with van der Waals surface area (Å²) in [6.07, 6.45) is 0.172. The van der Waals surface area contributed by atoms with Gasteiger partial charge >= 0.3 is 0 Å². The normalized spacial score (nSPS) is 19.8. The first kappa shape index (κ1) is 21.3. The Bertz CT molecular complexity index is 925. The van der Waals surface area contributed by atoms with Crippen molar-refractivity contribution < 1.29 is 19.1 Å². The number of methoxy groups -OCH3 is 1. The van der Waals surface area contributed by atoms with Gasteiger partial charge in [-0.1, -0.05) is 30.3 Å². The Kier molecular flexibility index (Phi) is 6.53. The second kappa shape index (κ2) is 9.49. The van der Waals surface area contributed by atoms with Crippen molar-refractivity contribution >= 4 is 17.5 Å². The second-order valence-corrected chi connectivity index (χ2v) is 8.05. The van der Waals surface area contributed by atoms with Crippen LogP contribution in [0.1, 0.15) is 29.5 Å². The fourth-order valence-corrected chi connectivity index (χ4v) is 4.39. The van der Waals surface area contributed by atoms with Crippen molar-refractivity contribution in [1.82, 2.24) is 9.80 Å². The van der Waals surface area contributed by atoms with E-state index in [9.17, 15) is 9.59 Å². The summed E-state index contributed by atoms with van der Waals surface area (Å²) >= 11 is 0. The summed E-state index contributed by atoms with van der Waals surface area (Å²) in [6, 6.07) is 15.6. The van der Waals surface area contributed by atoms with E-state index < -0.39 is 5.92 Å². The van der Waals surface area contributed by atoms with Gasteiger partial charge in [-0.2, -0.15) is 0 Å². The van der Waals surface area contributed by atoms with Crippen LogP contribution < -0.4 is 10.1 Å². The molecule has 2 aliphatic rings. The molecule has 1 saturated heterocycles. The van der Waals surface area contributed by atoms with Gasteiger partial charge in [-0.15, -0.1) is 0 Å². The molecule has 4 rings (SSSR count). The number of amides is 2. The number of benzene rings is 2. The van der Waals surface area contributed by atoms with Gasteiger partial charge in [0.15, 0.2) is 0 Å². The molecule has 0 bridgehead atoms. The molecule has 2 unspecified atom stereocenters. The molecule has 0 aromatic heterocycles. The minimum atomic E-state index is -0.462. The molecule has 0 saturated carbocycles. The summed E-state index contributed by atoms with van der Waals surface area (Å²) in [5, 5.41) is 2.87. The van der Waals surface area contributed by atoms with Crippen LogP contribution in [-0.2, 0) is 14.3 Å². The Morgan fingerprint density at radius 1 is 1.19 bits per heavy atom. The molecule has 0 radical (unpaired) electrons. The zero-order valence-corrected chi connectivity index (χ0v) is 18.0. The second-order valence-electron chi connectivity index (χ2n) is 8.05. The number of anilines is 1. The topological polar surface area (TPSA) is 71.1 Å². The number of hydrogen-bond donors (Lipinski definition) is 1. The fourth-order valence-electron chi connectivity index (χ4n) is 4.39. The Morgan fingerprint density at radius 3 is 2.61 bits per heavy atom. The van der Waals surface area contributed by atoms with E-state index in [-0.39, 0.29) is 24.3 Å². The van der Waals surface area contributed by atoms with Crippen molar-refractivity contribution in [3.05, 3.63) is 59.7 Å². The lowest BCUT2D eigenvalue weighted by atomic mass is 9.89. The van der Waals surface area contributed by atoms with Crippen molar-refractivity contribution in [1.29, 1.82) is 0 Å². The maximum absolute atomic E-state index is 13.4. The van der Waals surface area contributed by atoms with E-state index in [0.29, 0.717) is 19.8 Å². The number of rotatable bonds is 6. The SMILES string of the molecule is COc1ccc(C(CN(C)C(=O)C2CC(=O)Nc3ccccc32)N2CCOCC2)cc1. The average molecular weight is 424 g/mol. The number of morpholine rings is 1. The highest BCUT2D eigenvalue weighted by Crippen LogP contribution is 2.34. The highest BCUT2D eigenvalue weighted by atomic mass is 16.5. The predicted molar refractivity (Wildman–Crippen MR) is 118 cm³/mol. The van der Waals surface area contributed by atoms with E-state index >= 15 is 0 Å². The molecule has 7 heteroatoms. The van der Waals surface area contributed by atoms with Crippen LogP contribution in [0.2, 0.25) is 0 Å². The molecule has 2 aliphatic heterocycles. The molecule has 164 valence electrons. The quantitative estimate of drug-likeness (QED) is 0.774. The first-order chi connectivity index (χ1) is 15.1. The number of fused-ring (bicyclic) bond motifs is 1. The van der Waals surface area contributed by atoms with Crippen LogP contribution in [0.25, 0.3) is 0 Å². The van der Waals surface area contributed by atoms with Gasteiger partial charge in [0, 0.05) is 38.8 Å². The van der Waals surface area contributed by atoms with Gasteiger partial charge in [-0.3, -0.25) is 14.5 Å². The maximum atomic E-state index is 13.4. The van der Waals surface area contributed by atoms with E-state index in [1.165, 1.54) is 0 Å². The van der Waals surface area contributed by atoms with E-state index in [1.54, 1.807) is 12.0 Å². The van der Waals surface area contributed by atoms with Gasteiger partial charge in [0.25, 0.3) is 0 Å². The van der Waals surface area contributed by atoms with Gasteiger partial charge in [0.05, 0.1) is 32.3 Å². The van der Waals surface area contributed by atoms with Crippen LogP contribution in [0.3, 0.4) is 0 Å². The lowest BCUT2D eigenvalue weighted by molar-refractivity contribution is -0.134. The number of nitrogens with one attached hydrogen (secondary N) is 1. The van der Waals surface area contributed by atoms with E-state index in [1.807, 2.05) is 43.4 Å². The zero-order valence-electron chi connectivity index (χ0n) is 18.0. The van der Waals surface area contributed by atoms with Crippen molar-refractivity contribution in [3.63, 3.8) is 0 Å². The lowest BCUT2D eigenvalue weighted by Gasteiger charge is -2.38. The molecular weight excluding hydrogens is 394 g/mol. The molecule has 0 spiro atoms. The maximum Gasteiger partial charge on any atom is 0.230 e. The first-order valence-corrected chi connectivity index (χ1v) is 10.7. The highest BCUT2D eigenvalue weighted by Gasteiger charge is 2.34. The van der Waals surface area contributed by atoms with Gasteiger partial charge in [-0.05, 0) is 29.3 Å². The number of carbonyl (C=O) groups excluding carboxylic acids is 2. The predicted octanol–water partition coefficient (Wildman–Crippen LogP) is 2.65. The Labute approximate surface area is 182 Å². The van der Waals surface area contributed by atoms with E-state index in [0.717, 1.165) is 35.7 Å². The standard InChI is InChI=1S/C24H29N3O4/c1-26(24(29)20-15-23(28)25-21-6-4-3-5-19(20)21)16-22(27-11-13-31-14-12-27)17-7-9-18(30-2)10-8-17/h3-10,20,22H,11-16H2,1-2H3,(H,25,28). The zero-order chi connectivity index (χ0) is 21.8. The largest absolute Gasteiger partial charge is 0.497 e. The van der Waals surface area contributed by atoms with Crippen molar-refractivity contribution in [2.24, 2.45) is 0 Å². The third-order valence-corrected chi connectivity index (χ3v) is 6.11. The van der Waals surface area contributed by atoms with Crippen LogP contribution in [0.5, 0.6) is 5.75 Å². The molecule has 1 N–H and O–H groups in total. The van der Waals surface area contributed by atoms with Gasteiger partial charge in [-0.25, -0.2) is 0 Å². The smallest absolute Gasteiger partial charge is 0.230 e. The number of para-hydroxylation sites is 1. The van der Waals surface area contributed by atoms with Crippen molar-refractivity contribution in [3.8, 4) is 5.75 Å². The number of carbonyl (C=O) groups is 2. The molecular formula is C24H29N3O4. The summed E-state index contributed by atoms with van der Waals surface area (Å²) in [7, 11) is 3.48. The molecule has 2 atom stereocenters. The van der Waals surface area contributed by atoms with Crippen molar-refractivity contribution in [2.45, 2.75) is 18.4 Å². The molecule has 0 aliphatic carbocycles. The van der Waals surface area contributed by atoms with E-state index in [2.05, 4.69) is 22.3 Å². The Morgan fingerprint density at radius 2 is 1.90 bits per heavy atom. The molecule has 2 aromatic rings. The minimum Gasteiger partial charge on any atom is -0.497 e. The summed E-state index contributed by atoms with van der Waals surface area (Å²) in [5.41, 5.74) is 2.74. The number of ether oxygens (including phenoxy) is 2. The third-order valence-electron chi connectivity index (χ3n) is 6.11. The molecule has 2 heterocycles. The lowest BCUT2D eigenvalue weighted by Crippen LogP contribution is -2.45. The number of nitrogens with zero attached hydrogens (tertiary/aromatic N) is 2. The highest BCUT2D eigenvalue weighted by molar-refractivity contribution is 6.01. The Balaban J connectivity index is 1.56. The van der Waals surface area contributed by atoms with Crippen LogP contribution in [0.4, 0.5) is 5.69 Å². The van der Waals surface area contributed by atoms with Gasteiger partial charge < -0.3 is 19.7 Å². The van der Waals surface area contributed by atoms with Crippen LogP contribution >= 0.6 is 0 Å². The first-order valence-electron chi connectivity index (χ1n) is 10.7. The molecule has 1 fully saturated rings. The minimum absolute atomic E-state index is 0.0333. The molecule has 31 heavy (non-hydrogen) atoms. The molecule has 2 aromatic carbocycles. The summed E-state index contributed by atoms with van der Waals surface area (Å²) in [5.74, 6) is 0.189. The summed E-state index contributed by atoms with van der Waals surface area (Å²) in [4.78, 5) is 29.8.